The van der Waals surface area contributed by atoms with E-state index in [0.717, 1.165) is 44.4 Å². The van der Waals surface area contributed by atoms with Crippen molar-refractivity contribution in [1.29, 1.82) is 0 Å². The number of hydrogen-bond donors (Lipinski definition) is 2. The van der Waals surface area contributed by atoms with E-state index in [4.69, 9.17) is 4.74 Å². The van der Waals surface area contributed by atoms with Gasteiger partial charge in [0.25, 0.3) is 5.91 Å². The fraction of sp³-hybridized carbons (Fsp3) is 0.182. The zero-order valence-corrected chi connectivity index (χ0v) is 25.2. The van der Waals surface area contributed by atoms with Gasteiger partial charge in [0.15, 0.2) is 16.0 Å². The van der Waals surface area contributed by atoms with Gasteiger partial charge < -0.3 is 14.7 Å². The Hall–Kier alpha value is -4.87. The van der Waals surface area contributed by atoms with Crippen LogP contribution in [-0.4, -0.2) is 45.1 Å². The minimum atomic E-state index is -1.04. The number of para-hydroxylation sites is 1. The van der Waals surface area contributed by atoms with Crippen LogP contribution in [0.25, 0.3) is 21.1 Å². The molecule has 3 aromatic carbocycles. The van der Waals surface area contributed by atoms with Crippen LogP contribution in [0.2, 0.25) is 0 Å². The summed E-state index contributed by atoms with van der Waals surface area (Å²) < 4.78 is 6.95. The molecule has 0 saturated heterocycles. The van der Waals surface area contributed by atoms with E-state index in [9.17, 15) is 14.7 Å². The number of nitrogens with one attached hydrogen (secondary N) is 1. The summed E-state index contributed by atoms with van der Waals surface area (Å²) in [6, 6.07) is 23.3. The fourth-order valence-corrected chi connectivity index (χ4v) is 7.40. The first-order valence-electron chi connectivity index (χ1n) is 14.2. The van der Waals surface area contributed by atoms with Crippen LogP contribution in [0.15, 0.2) is 79.0 Å². The normalized spacial score (nSPS) is 12.8. The summed E-state index contributed by atoms with van der Waals surface area (Å²) in [7, 11) is 0. The average Bonchev–Trinajstić information content (AvgIpc) is 3.66. The van der Waals surface area contributed by atoms with Gasteiger partial charge >= 0.3 is 5.97 Å². The monoisotopic (exact) mass is 621 g/mol. The topological polar surface area (TPSA) is 118 Å². The number of pyridine rings is 1. The van der Waals surface area contributed by atoms with Crippen molar-refractivity contribution in [3.8, 4) is 5.75 Å². The molecule has 2 N–H and O–H groups in total. The third-order valence-corrected chi connectivity index (χ3v) is 9.71. The van der Waals surface area contributed by atoms with Crippen LogP contribution in [0.4, 0.5) is 10.3 Å². The first-order valence-corrected chi connectivity index (χ1v) is 15.9. The third kappa shape index (κ3) is 5.71. The summed E-state index contributed by atoms with van der Waals surface area (Å²) in [6.45, 7) is 1.58. The smallest absolute Gasteiger partial charge is 0.355 e. The van der Waals surface area contributed by atoms with E-state index < -0.39 is 5.97 Å². The van der Waals surface area contributed by atoms with Crippen molar-refractivity contribution >= 4 is 65.9 Å². The number of amides is 1. The molecule has 4 heterocycles. The lowest BCUT2D eigenvalue weighted by molar-refractivity contribution is 0.0690. The number of benzene rings is 3. The SMILES string of the molecule is O=C(Nc1nc2ccccc2s1)c1cccc2c1CN(c1nc(C(=O)O)c(CCCOc3ccc4cccnc4c3)s1)CC2. The van der Waals surface area contributed by atoms with Gasteiger partial charge in [0.1, 0.15) is 5.75 Å². The maximum Gasteiger partial charge on any atom is 0.355 e. The quantitative estimate of drug-likeness (QED) is 0.169. The van der Waals surface area contributed by atoms with E-state index in [0.29, 0.717) is 53.2 Å². The number of rotatable bonds is 9. The number of carboxylic acid groups (broad SMARTS) is 1. The van der Waals surface area contributed by atoms with Gasteiger partial charge in [0.2, 0.25) is 0 Å². The largest absolute Gasteiger partial charge is 0.494 e. The highest BCUT2D eigenvalue weighted by Crippen LogP contribution is 2.33. The zero-order valence-electron chi connectivity index (χ0n) is 23.5. The lowest BCUT2D eigenvalue weighted by Gasteiger charge is -2.29. The second kappa shape index (κ2) is 12.0. The van der Waals surface area contributed by atoms with Gasteiger partial charge in [0.05, 0.1) is 22.3 Å². The molecule has 0 aliphatic carbocycles. The van der Waals surface area contributed by atoms with E-state index in [1.54, 1.807) is 6.20 Å². The van der Waals surface area contributed by atoms with Crippen molar-refractivity contribution in [2.75, 3.05) is 23.4 Å². The van der Waals surface area contributed by atoms with Crippen LogP contribution in [0, 0.1) is 0 Å². The van der Waals surface area contributed by atoms with E-state index in [-0.39, 0.29) is 11.6 Å². The van der Waals surface area contributed by atoms with E-state index in [1.807, 2.05) is 72.8 Å². The number of ether oxygens (including phenoxy) is 1. The fourth-order valence-electron chi connectivity index (χ4n) is 5.42. The minimum absolute atomic E-state index is 0.0765. The molecule has 0 unspecified atom stereocenters. The summed E-state index contributed by atoms with van der Waals surface area (Å²) in [6.07, 6.45) is 3.65. The number of nitrogens with zero attached hydrogens (tertiary/aromatic N) is 4. The molecule has 3 aromatic heterocycles. The van der Waals surface area contributed by atoms with Crippen LogP contribution in [0.3, 0.4) is 0 Å². The molecule has 6 aromatic rings. The Balaban J connectivity index is 1.04. The Bertz CT molecular complexity index is 1990. The Kier molecular flexibility index (Phi) is 7.63. The molecule has 0 spiro atoms. The van der Waals surface area contributed by atoms with Gasteiger partial charge in [-0.05, 0) is 66.8 Å². The predicted molar refractivity (Wildman–Crippen MR) is 173 cm³/mol. The van der Waals surface area contributed by atoms with Crippen LogP contribution in [-0.2, 0) is 19.4 Å². The number of carboxylic acids is 1. The Labute approximate surface area is 260 Å². The molecule has 0 saturated carbocycles. The predicted octanol–water partition coefficient (Wildman–Crippen LogP) is 6.83. The summed E-state index contributed by atoms with van der Waals surface area (Å²) in [5.74, 6) is -0.525. The van der Waals surface area contributed by atoms with E-state index in [2.05, 4.69) is 25.2 Å². The van der Waals surface area contributed by atoms with Crippen LogP contribution < -0.4 is 15.0 Å². The van der Waals surface area contributed by atoms with Gasteiger partial charge in [-0.1, -0.05) is 41.7 Å². The summed E-state index contributed by atoms with van der Waals surface area (Å²) in [4.78, 5) is 41.7. The number of fused-ring (bicyclic) bond motifs is 3. The lowest BCUT2D eigenvalue weighted by atomic mass is 9.94. The molecular formula is C33H27N5O4S2. The summed E-state index contributed by atoms with van der Waals surface area (Å²) in [5, 5.41) is 15.1. The molecule has 1 amide bonds. The van der Waals surface area contributed by atoms with Crippen molar-refractivity contribution in [3.63, 3.8) is 0 Å². The number of thiazole rings is 2. The van der Waals surface area contributed by atoms with Crippen LogP contribution in [0.5, 0.6) is 5.75 Å². The highest BCUT2D eigenvalue weighted by atomic mass is 32.1. The summed E-state index contributed by atoms with van der Waals surface area (Å²) in [5.41, 5.74) is 4.40. The van der Waals surface area contributed by atoms with Crippen molar-refractivity contribution < 1.29 is 19.4 Å². The Morgan fingerprint density at radius 3 is 2.77 bits per heavy atom. The number of aryl methyl sites for hydroxylation is 1. The van der Waals surface area contributed by atoms with Crippen molar-refractivity contribution in [2.45, 2.75) is 25.8 Å². The van der Waals surface area contributed by atoms with Gasteiger partial charge in [-0.25, -0.2) is 14.8 Å². The van der Waals surface area contributed by atoms with Gasteiger partial charge in [-0.3, -0.25) is 15.1 Å². The van der Waals surface area contributed by atoms with Gasteiger partial charge in [0, 0.05) is 41.2 Å². The molecule has 0 bridgehead atoms. The van der Waals surface area contributed by atoms with Crippen LogP contribution >= 0.6 is 22.7 Å². The first-order chi connectivity index (χ1) is 21.5. The van der Waals surface area contributed by atoms with E-state index in [1.165, 1.54) is 22.7 Å². The second-order valence-electron chi connectivity index (χ2n) is 10.4. The number of anilines is 2. The molecule has 1 aliphatic heterocycles. The molecule has 0 fully saturated rings. The van der Waals surface area contributed by atoms with Crippen molar-refractivity contribution in [2.24, 2.45) is 0 Å². The first kappa shape index (κ1) is 27.9. The van der Waals surface area contributed by atoms with Crippen molar-refractivity contribution in [3.05, 3.63) is 106 Å². The van der Waals surface area contributed by atoms with Crippen molar-refractivity contribution in [1.82, 2.24) is 15.0 Å². The number of aromatic nitrogens is 3. The minimum Gasteiger partial charge on any atom is -0.494 e. The number of hydrogen-bond acceptors (Lipinski definition) is 9. The lowest BCUT2D eigenvalue weighted by Crippen LogP contribution is -2.32. The Morgan fingerprint density at radius 1 is 0.977 bits per heavy atom. The highest BCUT2D eigenvalue weighted by Gasteiger charge is 2.26. The van der Waals surface area contributed by atoms with Crippen LogP contribution in [0.1, 0.15) is 43.3 Å². The molecule has 0 radical (unpaired) electrons. The molecule has 0 atom stereocenters. The number of aromatic carboxylic acids is 1. The molecular weight excluding hydrogens is 595 g/mol. The molecule has 220 valence electrons. The van der Waals surface area contributed by atoms with Gasteiger partial charge in [-0.2, -0.15) is 0 Å². The van der Waals surface area contributed by atoms with E-state index >= 15 is 0 Å². The number of carbonyl (C=O) groups excluding carboxylic acids is 1. The zero-order chi connectivity index (χ0) is 30.0. The molecule has 1 aliphatic rings. The summed E-state index contributed by atoms with van der Waals surface area (Å²) >= 11 is 2.84. The molecule has 7 rings (SSSR count). The third-order valence-electron chi connectivity index (χ3n) is 7.59. The standard InChI is InChI=1S/C33H27N5O4S2/c39-30(37-32-35-25-9-1-2-10-27(25)43-32)23-8-3-6-20-14-16-38(19-24(20)23)33-36-29(31(40)41)28(44-33)11-5-17-42-22-13-12-21-7-4-15-34-26(21)18-22/h1-4,6-10,12-13,15,18H,5,11,14,16-17,19H2,(H,40,41)(H,35,37,39). The highest BCUT2D eigenvalue weighted by molar-refractivity contribution is 7.22. The second-order valence-corrected chi connectivity index (χ2v) is 12.5. The molecule has 11 heteroatoms. The molecule has 44 heavy (non-hydrogen) atoms. The molecule has 9 nitrogen and oxygen atoms in total. The number of carbonyl (C=O) groups is 2. The van der Waals surface area contributed by atoms with Gasteiger partial charge in [-0.15, -0.1) is 11.3 Å². The average molecular weight is 622 g/mol. The maximum atomic E-state index is 13.4. The Morgan fingerprint density at radius 2 is 1.89 bits per heavy atom. The maximum absolute atomic E-state index is 13.4.